The molecule has 9 heteroatoms. The van der Waals surface area contributed by atoms with Crippen molar-refractivity contribution in [2.45, 2.75) is 30.9 Å². The van der Waals surface area contributed by atoms with E-state index in [1.54, 1.807) is 13.8 Å². The Morgan fingerprint density at radius 1 is 1.43 bits per heavy atom. The Kier molecular flexibility index (Phi) is 4.26. The van der Waals surface area contributed by atoms with Gasteiger partial charge >= 0.3 is 5.69 Å². The molecule has 1 aromatic rings. The van der Waals surface area contributed by atoms with E-state index in [9.17, 15) is 22.9 Å². The van der Waals surface area contributed by atoms with Crippen molar-refractivity contribution in [3.63, 3.8) is 0 Å². The number of halogens is 1. The van der Waals surface area contributed by atoms with Crippen LogP contribution in [0.15, 0.2) is 23.1 Å². The molecule has 2 atom stereocenters. The lowest BCUT2D eigenvalue weighted by Crippen LogP contribution is -2.50. The largest absolute Gasteiger partial charge is 0.375 e. The zero-order valence-corrected chi connectivity index (χ0v) is 12.3. The van der Waals surface area contributed by atoms with Gasteiger partial charge in [0.1, 0.15) is 0 Å². The Morgan fingerprint density at radius 2 is 2.10 bits per heavy atom. The first-order valence-electron chi connectivity index (χ1n) is 6.31. The highest BCUT2D eigenvalue weighted by atomic mass is 32.2. The normalized spacial score (nSPS) is 24.0. The van der Waals surface area contributed by atoms with E-state index in [2.05, 4.69) is 0 Å². The summed E-state index contributed by atoms with van der Waals surface area (Å²) in [6.45, 7) is 3.83. The SMILES string of the molecule is CC1CN(S(=O)(=O)c2ccc([N+](=O)[O-])c(F)c2)C(C)CO1. The van der Waals surface area contributed by atoms with Crippen LogP contribution in [0.1, 0.15) is 13.8 Å². The average molecular weight is 318 g/mol. The van der Waals surface area contributed by atoms with E-state index >= 15 is 0 Å². The summed E-state index contributed by atoms with van der Waals surface area (Å²) in [4.78, 5) is 9.37. The predicted molar refractivity (Wildman–Crippen MR) is 71.8 cm³/mol. The molecule has 116 valence electrons. The van der Waals surface area contributed by atoms with Crippen molar-refractivity contribution < 1.29 is 22.5 Å². The molecule has 7 nitrogen and oxygen atoms in total. The second kappa shape index (κ2) is 5.66. The summed E-state index contributed by atoms with van der Waals surface area (Å²) >= 11 is 0. The fourth-order valence-electron chi connectivity index (χ4n) is 2.14. The van der Waals surface area contributed by atoms with Gasteiger partial charge in [-0.2, -0.15) is 8.70 Å². The van der Waals surface area contributed by atoms with Crippen molar-refractivity contribution in [1.82, 2.24) is 4.31 Å². The summed E-state index contributed by atoms with van der Waals surface area (Å²) in [6.07, 6.45) is -0.265. The highest BCUT2D eigenvalue weighted by Crippen LogP contribution is 2.26. The van der Waals surface area contributed by atoms with Crippen LogP contribution in [0.3, 0.4) is 0 Å². The molecular weight excluding hydrogens is 303 g/mol. The number of sulfonamides is 1. The Balaban J connectivity index is 2.39. The van der Waals surface area contributed by atoms with Gasteiger partial charge in [0.25, 0.3) is 0 Å². The fourth-order valence-corrected chi connectivity index (χ4v) is 3.84. The molecule has 0 N–H and O–H groups in total. The maximum atomic E-state index is 13.6. The minimum Gasteiger partial charge on any atom is -0.375 e. The summed E-state index contributed by atoms with van der Waals surface area (Å²) in [6, 6.07) is 2.20. The first-order chi connectivity index (χ1) is 9.73. The molecule has 1 heterocycles. The van der Waals surface area contributed by atoms with Gasteiger partial charge in [0.15, 0.2) is 0 Å². The van der Waals surface area contributed by atoms with Gasteiger partial charge in [-0.15, -0.1) is 0 Å². The van der Waals surface area contributed by atoms with E-state index in [0.717, 1.165) is 12.1 Å². The highest BCUT2D eigenvalue weighted by molar-refractivity contribution is 7.89. The first-order valence-corrected chi connectivity index (χ1v) is 7.75. The van der Waals surface area contributed by atoms with Crippen LogP contribution in [0.4, 0.5) is 10.1 Å². The summed E-state index contributed by atoms with van der Waals surface area (Å²) in [5, 5.41) is 10.6. The van der Waals surface area contributed by atoms with Gasteiger partial charge in [-0.1, -0.05) is 0 Å². The van der Waals surface area contributed by atoms with Crippen molar-refractivity contribution in [3.8, 4) is 0 Å². The molecule has 2 rings (SSSR count). The lowest BCUT2D eigenvalue weighted by atomic mass is 10.2. The van der Waals surface area contributed by atoms with Crippen molar-refractivity contribution in [2.75, 3.05) is 13.2 Å². The molecule has 0 saturated carbocycles. The number of ether oxygens (including phenoxy) is 1. The number of benzene rings is 1. The van der Waals surface area contributed by atoms with E-state index in [0.29, 0.717) is 6.07 Å². The minimum atomic E-state index is -3.92. The lowest BCUT2D eigenvalue weighted by Gasteiger charge is -2.35. The van der Waals surface area contributed by atoms with Gasteiger partial charge in [0, 0.05) is 24.7 Å². The molecule has 1 aliphatic heterocycles. The zero-order valence-electron chi connectivity index (χ0n) is 11.5. The zero-order chi connectivity index (χ0) is 15.8. The minimum absolute atomic E-state index is 0.155. The Hall–Kier alpha value is -1.58. The number of hydrogen-bond donors (Lipinski definition) is 0. The number of rotatable bonds is 3. The number of morpholine rings is 1. The molecular formula is C12H15FN2O5S. The number of nitro groups is 1. The van der Waals surface area contributed by atoms with Crippen LogP contribution in [-0.4, -0.2) is 42.9 Å². The van der Waals surface area contributed by atoms with E-state index in [1.165, 1.54) is 4.31 Å². The molecule has 1 aromatic carbocycles. The second-order valence-electron chi connectivity index (χ2n) is 4.94. The first kappa shape index (κ1) is 15.8. The molecule has 0 aromatic heterocycles. The van der Waals surface area contributed by atoms with E-state index < -0.39 is 26.5 Å². The molecule has 1 aliphatic rings. The van der Waals surface area contributed by atoms with Crippen LogP contribution in [-0.2, 0) is 14.8 Å². The maximum Gasteiger partial charge on any atom is 0.304 e. The van der Waals surface area contributed by atoms with Crippen molar-refractivity contribution in [1.29, 1.82) is 0 Å². The average Bonchev–Trinajstić information content (AvgIpc) is 2.40. The molecule has 1 fully saturated rings. The molecule has 0 spiro atoms. The quantitative estimate of drug-likeness (QED) is 0.623. The third kappa shape index (κ3) is 3.04. The maximum absolute atomic E-state index is 13.6. The smallest absolute Gasteiger partial charge is 0.304 e. The molecule has 0 radical (unpaired) electrons. The van der Waals surface area contributed by atoms with Crippen LogP contribution >= 0.6 is 0 Å². The molecule has 21 heavy (non-hydrogen) atoms. The summed E-state index contributed by atoms with van der Waals surface area (Å²) in [5.74, 6) is -1.17. The van der Waals surface area contributed by atoms with E-state index in [4.69, 9.17) is 4.74 Å². The van der Waals surface area contributed by atoms with Crippen molar-refractivity contribution >= 4 is 15.7 Å². The van der Waals surface area contributed by atoms with Gasteiger partial charge in [-0.3, -0.25) is 10.1 Å². The summed E-state index contributed by atoms with van der Waals surface area (Å²) in [5.41, 5.74) is -0.752. The molecule has 2 unspecified atom stereocenters. The Bertz CT molecular complexity index is 664. The van der Waals surface area contributed by atoms with E-state index in [1.807, 2.05) is 0 Å². The monoisotopic (exact) mass is 318 g/mol. The summed E-state index contributed by atoms with van der Waals surface area (Å²) < 4.78 is 45.2. The third-order valence-corrected chi connectivity index (χ3v) is 5.25. The topological polar surface area (TPSA) is 89.8 Å². The lowest BCUT2D eigenvalue weighted by molar-refractivity contribution is -0.387. The van der Waals surface area contributed by atoms with Gasteiger partial charge < -0.3 is 4.74 Å². The third-order valence-electron chi connectivity index (χ3n) is 3.27. The Morgan fingerprint density at radius 3 is 2.67 bits per heavy atom. The number of nitrogens with zero attached hydrogens (tertiary/aromatic N) is 2. The van der Waals surface area contributed by atoms with Crippen LogP contribution in [0.5, 0.6) is 0 Å². The molecule has 1 saturated heterocycles. The van der Waals surface area contributed by atoms with Crippen molar-refractivity contribution in [2.24, 2.45) is 0 Å². The molecule has 0 aliphatic carbocycles. The number of nitro benzene ring substituents is 1. The summed E-state index contributed by atoms with van der Waals surface area (Å²) in [7, 11) is -3.92. The second-order valence-corrected chi connectivity index (χ2v) is 6.83. The Labute approximate surface area is 121 Å². The molecule has 0 bridgehead atoms. The molecule has 0 amide bonds. The highest BCUT2D eigenvalue weighted by Gasteiger charge is 2.35. The van der Waals surface area contributed by atoms with Gasteiger partial charge in [-0.25, -0.2) is 8.42 Å². The standard InChI is InChI=1S/C12H15FN2O5S/c1-8-7-20-9(2)6-14(8)21(18,19)10-3-4-12(15(16)17)11(13)5-10/h3-5,8-9H,6-7H2,1-2H3. The van der Waals surface area contributed by atoms with Crippen LogP contribution in [0, 0.1) is 15.9 Å². The van der Waals surface area contributed by atoms with Crippen LogP contribution < -0.4 is 0 Å². The van der Waals surface area contributed by atoms with E-state index in [-0.39, 0.29) is 30.2 Å². The fraction of sp³-hybridized carbons (Fsp3) is 0.500. The number of hydrogen-bond acceptors (Lipinski definition) is 5. The van der Waals surface area contributed by atoms with Crippen LogP contribution in [0.25, 0.3) is 0 Å². The van der Waals surface area contributed by atoms with Crippen LogP contribution in [0.2, 0.25) is 0 Å². The predicted octanol–water partition coefficient (Wildman–Crippen LogP) is 1.53. The van der Waals surface area contributed by atoms with Gasteiger partial charge in [-0.05, 0) is 19.9 Å². The van der Waals surface area contributed by atoms with Crippen molar-refractivity contribution in [3.05, 3.63) is 34.1 Å². The van der Waals surface area contributed by atoms with Gasteiger partial charge in [0.05, 0.1) is 22.5 Å². The van der Waals surface area contributed by atoms with Gasteiger partial charge in [0.2, 0.25) is 15.8 Å².